The molecule has 144 valence electrons. The zero-order valence-electron chi connectivity index (χ0n) is 15.9. The molecule has 0 bridgehead atoms. The Kier molecular flexibility index (Phi) is 6.32. The molecule has 3 aromatic rings. The molecule has 0 radical (unpaired) electrons. The summed E-state index contributed by atoms with van der Waals surface area (Å²) < 4.78 is 5.50. The third-order valence-electron chi connectivity index (χ3n) is 4.47. The summed E-state index contributed by atoms with van der Waals surface area (Å²) in [5.41, 5.74) is 1.46. The lowest BCUT2D eigenvalue weighted by atomic mass is 9.92. The van der Waals surface area contributed by atoms with Gasteiger partial charge in [0.1, 0.15) is 5.75 Å². The lowest BCUT2D eigenvalue weighted by Crippen LogP contribution is -2.30. The average Bonchev–Trinajstić information content (AvgIpc) is 2.67. The first-order valence-electron chi connectivity index (χ1n) is 9.25. The fourth-order valence-electron chi connectivity index (χ4n) is 3.29. The summed E-state index contributed by atoms with van der Waals surface area (Å²) >= 11 is 6.48. The second kappa shape index (κ2) is 8.89. The zero-order valence-corrected chi connectivity index (χ0v) is 16.6. The highest BCUT2D eigenvalue weighted by Crippen LogP contribution is 2.38. The van der Waals surface area contributed by atoms with Gasteiger partial charge in [0.2, 0.25) is 5.91 Å². The van der Waals surface area contributed by atoms with Crippen LogP contribution in [0.15, 0.2) is 60.7 Å². The first-order valence-corrected chi connectivity index (χ1v) is 9.63. The first kappa shape index (κ1) is 19.9. The van der Waals surface area contributed by atoms with E-state index in [-0.39, 0.29) is 5.91 Å². The van der Waals surface area contributed by atoms with Crippen LogP contribution >= 0.6 is 11.6 Å². The van der Waals surface area contributed by atoms with Crippen LogP contribution in [-0.2, 0) is 9.59 Å². The first-order chi connectivity index (χ1) is 13.5. The fraction of sp³-hybridized carbons (Fsp3) is 0.217. The number of nitrogens with one attached hydrogen (secondary N) is 1. The van der Waals surface area contributed by atoms with Gasteiger partial charge in [0.25, 0.3) is 0 Å². The molecule has 0 spiro atoms. The van der Waals surface area contributed by atoms with Crippen molar-refractivity contribution in [3.8, 4) is 5.75 Å². The van der Waals surface area contributed by atoms with Crippen LogP contribution in [-0.4, -0.2) is 11.9 Å². The Labute approximate surface area is 169 Å². The fourth-order valence-corrected chi connectivity index (χ4v) is 3.54. The van der Waals surface area contributed by atoms with Gasteiger partial charge < -0.3 is 10.1 Å². The highest BCUT2D eigenvalue weighted by atomic mass is 35.5. The van der Waals surface area contributed by atoms with E-state index in [1.807, 2.05) is 55.5 Å². The number of halogens is 1. The molecule has 0 heterocycles. The minimum Gasteiger partial charge on any atom is -0.426 e. The van der Waals surface area contributed by atoms with Gasteiger partial charge in [-0.2, -0.15) is 0 Å². The SMILES string of the molecule is CCCC(=O)NC(c1ccccc1Cl)c1c(OC(C)=O)ccc2ccccc12. The maximum absolute atomic E-state index is 12.5. The standard InChI is InChI=1S/C23H22ClNO3/c1-3-8-21(27)25-23(18-11-6-7-12-19(18)24)22-17-10-5-4-9-16(17)13-14-20(22)28-15(2)26/h4-7,9-14,23H,3,8H2,1-2H3,(H,25,27). The molecule has 4 nitrogen and oxygen atoms in total. The molecular formula is C23H22ClNO3. The molecule has 3 rings (SSSR count). The number of ether oxygens (including phenoxy) is 1. The van der Waals surface area contributed by atoms with Gasteiger partial charge in [-0.25, -0.2) is 0 Å². The number of carbonyl (C=O) groups excluding carboxylic acids is 2. The van der Waals surface area contributed by atoms with Gasteiger partial charge in [-0.05, 0) is 34.9 Å². The predicted octanol–water partition coefficient (Wildman–Crippen LogP) is 5.42. The summed E-state index contributed by atoms with van der Waals surface area (Å²) in [6.45, 7) is 3.31. The van der Waals surface area contributed by atoms with E-state index in [2.05, 4.69) is 5.32 Å². The van der Waals surface area contributed by atoms with E-state index in [0.717, 1.165) is 22.8 Å². The third-order valence-corrected chi connectivity index (χ3v) is 4.82. The van der Waals surface area contributed by atoms with Crippen LogP contribution in [0.25, 0.3) is 10.8 Å². The van der Waals surface area contributed by atoms with Crippen molar-refractivity contribution in [2.75, 3.05) is 0 Å². The van der Waals surface area contributed by atoms with E-state index in [0.29, 0.717) is 22.8 Å². The Bertz CT molecular complexity index is 1020. The minimum atomic E-state index is -0.548. The molecule has 1 unspecified atom stereocenters. The highest BCUT2D eigenvalue weighted by molar-refractivity contribution is 6.31. The van der Waals surface area contributed by atoms with Gasteiger partial charge in [-0.3, -0.25) is 9.59 Å². The van der Waals surface area contributed by atoms with Crippen molar-refractivity contribution in [3.63, 3.8) is 0 Å². The van der Waals surface area contributed by atoms with Crippen LogP contribution in [0.5, 0.6) is 5.75 Å². The van der Waals surface area contributed by atoms with E-state index < -0.39 is 12.0 Å². The van der Waals surface area contributed by atoms with Crippen molar-refractivity contribution in [1.82, 2.24) is 5.32 Å². The van der Waals surface area contributed by atoms with Crippen molar-refractivity contribution >= 4 is 34.2 Å². The molecule has 3 aromatic carbocycles. The molecule has 0 aliphatic carbocycles. The smallest absolute Gasteiger partial charge is 0.308 e. The minimum absolute atomic E-state index is 0.0888. The lowest BCUT2D eigenvalue weighted by molar-refractivity contribution is -0.131. The molecule has 0 aromatic heterocycles. The third kappa shape index (κ3) is 4.34. The van der Waals surface area contributed by atoms with Gasteiger partial charge >= 0.3 is 5.97 Å². The Morgan fingerprint density at radius 3 is 2.46 bits per heavy atom. The average molecular weight is 396 g/mol. The van der Waals surface area contributed by atoms with Crippen LogP contribution in [0, 0.1) is 0 Å². The van der Waals surface area contributed by atoms with Crippen LogP contribution in [0.4, 0.5) is 0 Å². The molecular weight excluding hydrogens is 374 g/mol. The van der Waals surface area contributed by atoms with Crippen LogP contribution in [0.1, 0.15) is 43.9 Å². The van der Waals surface area contributed by atoms with E-state index in [9.17, 15) is 9.59 Å². The van der Waals surface area contributed by atoms with E-state index in [1.165, 1.54) is 6.92 Å². The van der Waals surface area contributed by atoms with Gasteiger partial charge in [0.05, 0.1) is 6.04 Å². The molecule has 1 atom stereocenters. The number of esters is 1. The summed E-state index contributed by atoms with van der Waals surface area (Å²) in [4.78, 5) is 24.2. The molecule has 1 amide bonds. The Hall–Kier alpha value is -2.85. The monoisotopic (exact) mass is 395 g/mol. The topological polar surface area (TPSA) is 55.4 Å². The Morgan fingerprint density at radius 1 is 1.04 bits per heavy atom. The molecule has 28 heavy (non-hydrogen) atoms. The predicted molar refractivity (Wildman–Crippen MR) is 112 cm³/mol. The van der Waals surface area contributed by atoms with Crippen LogP contribution in [0.3, 0.4) is 0 Å². The number of fused-ring (bicyclic) bond motifs is 1. The molecule has 1 N–H and O–H groups in total. The van der Waals surface area contributed by atoms with Crippen molar-refractivity contribution in [1.29, 1.82) is 0 Å². The quantitative estimate of drug-likeness (QED) is 0.447. The number of carbonyl (C=O) groups is 2. The van der Waals surface area contributed by atoms with E-state index in [4.69, 9.17) is 16.3 Å². The maximum Gasteiger partial charge on any atom is 0.308 e. The summed E-state index contributed by atoms with van der Waals surface area (Å²) in [7, 11) is 0. The van der Waals surface area contributed by atoms with E-state index >= 15 is 0 Å². The molecule has 0 aliphatic heterocycles. The van der Waals surface area contributed by atoms with Gasteiger partial charge in [-0.1, -0.05) is 67.1 Å². The number of hydrogen-bond acceptors (Lipinski definition) is 3. The number of benzene rings is 3. The lowest BCUT2D eigenvalue weighted by Gasteiger charge is -2.24. The second-order valence-electron chi connectivity index (χ2n) is 6.56. The molecule has 5 heteroatoms. The van der Waals surface area contributed by atoms with Gasteiger partial charge in [0.15, 0.2) is 0 Å². The summed E-state index contributed by atoms with van der Waals surface area (Å²) in [6, 6.07) is 18.3. The molecule has 0 saturated heterocycles. The number of amides is 1. The summed E-state index contributed by atoms with van der Waals surface area (Å²) in [5, 5.41) is 5.49. The second-order valence-corrected chi connectivity index (χ2v) is 6.97. The number of hydrogen-bond donors (Lipinski definition) is 1. The highest BCUT2D eigenvalue weighted by Gasteiger charge is 2.25. The van der Waals surface area contributed by atoms with Crippen LogP contribution in [0.2, 0.25) is 5.02 Å². The van der Waals surface area contributed by atoms with Gasteiger partial charge in [-0.15, -0.1) is 0 Å². The van der Waals surface area contributed by atoms with Crippen LogP contribution < -0.4 is 10.1 Å². The Morgan fingerprint density at radius 2 is 1.75 bits per heavy atom. The van der Waals surface area contributed by atoms with Crippen molar-refractivity contribution in [2.24, 2.45) is 0 Å². The molecule has 0 aliphatic rings. The Balaban J connectivity index is 2.26. The normalized spacial score (nSPS) is 11.8. The van der Waals surface area contributed by atoms with Gasteiger partial charge in [0, 0.05) is 23.9 Å². The van der Waals surface area contributed by atoms with Crippen molar-refractivity contribution in [2.45, 2.75) is 32.7 Å². The largest absolute Gasteiger partial charge is 0.426 e. The van der Waals surface area contributed by atoms with Crippen molar-refractivity contribution in [3.05, 3.63) is 76.8 Å². The molecule has 0 fully saturated rings. The zero-order chi connectivity index (χ0) is 20.1. The van der Waals surface area contributed by atoms with Crippen molar-refractivity contribution < 1.29 is 14.3 Å². The number of rotatable bonds is 6. The maximum atomic E-state index is 12.5. The summed E-state index contributed by atoms with van der Waals surface area (Å²) in [6.07, 6.45) is 1.13. The molecule has 0 saturated carbocycles. The summed E-state index contributed by atoms with van der Waals surface area (Å²) in [5.74, 6) is -0.101. The van der Waals surface area contributed by atoms with E-state index in [1.54, 1.807) is 12.1 Å².